The number of carboxylic acids is 1. The first-order valence-electron chi connectivity index (χ1n) is 15.8. The number of ether oxygens (including phenoxy) is 1. The molecule has 1 fully saturated rings. The van der Waals surface area contributed by atoms with E-state index in [-0.39, 0.29) is 11.2 Å². The van der Waals surface area contributed by atoms with Gasteiger partial charge in [-0.2, -0.15) is 0 Å². The Morgan fingerprint density at radius 1 is 1.00 bits per heavy atom. The van der Waals surface area contributed by atoms with Crippen LogP contribution in [-0.4, -0.2) is 46.3 Å². The highest BCUT2D eigenvalue weighted by molar-refractivity contribution is 7.22. The van der Waals surface area contributed by atoms with Crippen molar-refractivity contribution in [3.05, 3.63) is 70.3 Å². The van der Waals surface area contributed by atoms with Gasteiger partial charge in [-0.05, 0) is 94.2 Å². The Morgan fingerprint density at radius 2 is 1.73 bits per heavy atom. The van der Waals surface area contributed by atoms with Gasteiger partial charge in [0.2, 0.25) is 0 Å². The van der Waals surface area contributed by atoms with Crippen LogP contribution in [-0.2, 0) is 22.5 Å². The first kappa shape index (κ1) is 31.4. The zero-order valence-corrected chi connectivity index (χ0v) is 28.1. The maximum absolute atomic E-state index is 13.8. The number of hydrogen-bond acceptors (Lipinski definition) is 7. The average Bonchev–Trinajstić information content (AvgIpc) is 3.38. The molecule has 238 valence electrons. The highest BCUT2D eigenvalue weighted by Crippen LogP contribution is 2.45. The van der Waals surface area contributed by atoms with E-state index in [1.54, 1.807) is 12.1 Å². The van der Waals surface area contributed by atoms with E-state index in [4.69, 9.17) is 14.7 Å². The van der Waals surface area contributed by atoms with Gasteiger partial charge in [0.15, 0.2) is 11.2 Å². The fraction of sp³-hybridized carbons (Fsp3) is 0.472. The number of aryl methyl sites for hydroxylation is 2. The highest BCUT2D eigenvalue weighted by atomic mass is 32.1. The molecule has 4 heterocycles. The van der Waals surface area contributed by atoms with E-state index in [9.17, 15) is 14.3 Å². The predicted octanol–water partition coefficient (Wildman–Crippen LogP) is 8.24. The lowest BCUT2D eigenvalue weighted by molar-refractivity contribution is -0.160. The van der Waals surface area contributed by atoms with Crippen molar-refractivity contribution < 1.29 is 19.0 Å². The Hall–Kier alpha value is -3.56. The topological polar surface area (TPSA) is 78.8 Å². The second-order valence-corrected chi connectivity index (χ2v) is 15.3. The summed E-state index contributed by atoms with van der Waals surface area (Å²) in [5, 5.41) is 11.4. The molecule has 0 saturated carbocycles. The Balaban J connectivity index is 1.42. The maximum Gasteiger partial charge on any atom is 0.337 e. The van der Waals surface area contributed by atoms with E-state index in [1.807, 2.05) is 34.6 Å². The van der Waals surface area contributed by atoms with Crippen LogP contribution in [0.5, 0.6) is 0 Å². The lowest BCUT2D eigenvalue weighted by Gasteiger charge is -2.41. The van der Waals surface area contributed by atoms with Gasteiger partial charge in [-0.25, -0.2) is 14.2 Å². The van der Waals surface area contributed by atoms with Crippen LogP contribution in [0.2, 0.25) is 0 Å². The minimum absolute atomic E-state index is 0.233. The Bertz CT molecular complexity index is 1770. The van der Waals surface area contributed by atoms with E-state index in [0.717, 1.165) is 83.3 Å². The monoisotopic (exact) mass is 630 g/mol. The Labute approximate surface area is 269 Å². The summed E-state index contributed by atoms with van der Waals surface area (Å²) in [4.78, 5) is 27.2. The number of carbonyl (C=O) groups is 1. The van der Waals surface area contributed by atoms with Gasteiger partial charge in [-0.1, -0.05) is 43.4 Å². The fourth-order valence-electron chi connectivity index (χ4n) is 6.65. The molecule has 6 rings (SSSR count). The molecule has 1 atom stereocenters. The number of halogens is 1. The van der Waals surface area contributed by atoms with E-state index in [2.05, 4.69) is 41.8 Å². The summed E-state index contributed by atoms with van der Waals surface area (Å²) in [6.07, 6.45) is 1.73. The van der Waals surface area contributed by atoms with Crippen LogP contribution in [0.15, 0.2) is 36.4 Å². The predicted molar refractivity (Wildman–Crippen MR) is 180 cm³/mol. The van der Waals surface area contributed by atoms with Gasteiger partial charge in [-0.3, -0.25) is 4.98 Å². The number of hydrogen-bond donors (Lipinski definition) is 1. The van der Waals surface area contributed by atoms with Crippen molar-refractivity contribution in [2.75, 3.05) is 29.4 Å². The molecule has 4 aromatic rings. The lowest BCUT2D eigenvalue weighted by Crippen LogP contribution is -2.39. The standard InChI is InChI=1S/C36H43FN4O3S/c1-21-29(24-8-9-25-20-41(15-12-23(25)18-24)34-39-27-11-10-26(37)19-28(27)45-34)31(40-16-13-36(6,7)14-17-40)30(22(2)38-21)32(33(42)43)44-35(3,4)5/h8-11,18-19,32H,12-17,20H2,1-7H3,(H,42,43)/t32-/m0/s1. The van der Waals surface area contributed by atoms with Crippen molar-refractivity contribution in [2.24, 2.45) is 5.41 Å². The molecular formula is C36H43FN4O3S. The Kier molecular flexibility index (Phi) is 8.14. The van der Waals surface area contributed by atoms with E-state index in [0.29, 0.717) is 11.3 Å². The van der Waals surface area contributed by atoms with Crippen molar-refractivity contribution in [3.63, 3.8) is 0 Å². The number of benzene rings is 2. The number of piperidine rings is 1. The second kappa shape index (κ2) is 11.7. The summed E-state index contributed by atoms with van der Waals surface area (Å²) >= 11 is 1.52. The molecular weight excluding hydrogens is 587 g/mol. The smallest absolute Gasteiger partial charge is 0.337 e. The third-order valence-electron chi connectivity index (χ3n) is 9.09. The number of aromatic nitrogens is 2. The van der Waals surface area contributed by atoms with Crippen LogP contribution < -0.4 is 9.80 Å². The van der Waals surface area contributed by atoms with Gasteiger partial charge in [0.05, 0.1) is 21.5 Å². The molecule has 2 aliphatic rings. The number of aliphatic carboxylic acids is 1. The van der Waals surface area contributed by atoms with Crippen LogP contribution in [0, 0.1) is 25.1 Å². The van der Waals surface area contributed by atoms with Gasteiger partial charge in [0, 0.05) is 48.7 Å². The van der Waals surface area contributed by atoms with Crippen molar-refractivity contribution in [3.8, 4) is 11.1 Å². The third-order valence-corrected chi connectivity index (χ3v) is 10.2. The molecule has 1 saturated heterocycles. The molecule has 0 amide bonds. The zero-order chi connectivity index (χ0) is 32.3. The van der Waals surface area contributed by atoms with Gasteiger partial charge in [0.1, 0.15) is 5.82 Å². The third kappa shape index (κ3) is 6.42. The summed E-state index contributed by atoms with van der Waals surface area (Å²) in [7, 11) is 0. The van der Waals surface area contributed by atoms with Crippen molar-refractivity contribution in [1.29, 1.82) is 0 Å². The molecule has 0 aliphatic carbocycles. The Morgan fingerprint density at radius 3 is 2.42 bits per heavy atom. The van der Waals surface area contributed by atoms with Crippen LogP contribution in [0.3, 0.4) is 0 Å². The van der Waals surface area contributed by atoms with Crippen LogP contribution in [0.1, 0.15) is 81.6 Å². The summed E-state index contributed by atoms with van der Waals surface area (Å²) in [5.74, 6) is -1.25. The molecule has 1 N–H and O–H groups in total. The van der Waals surface area contributed by atoms with Gasteiger partial charge in [0.25, 0.3) is 0 Å². The van der Waals surface area contributed by atoms with E-state index < -0.39 is 17.7 Å². The summed E-state index contributed by atoms with van der Waals surface area (Å²) in [6, 6.07) is 11.3. The number of anilines is 2. The highest BCUT2D eigenvalue weighted by Gasteiger charge is 2.36. The summed E-state index contributed by atoms with van der Waals surface area (Å²) < 4.78 is 20.9. The quantitative estimate of drug-likeness (QED) is 0.230. The van der Waals surface area contributed by atoms with Crippen molar-refractivity contribution >= 4 is 38.3 Å². The van der Waals surface area contributed by atoms with Crippen LogP contribution in [0.25, 0.3) is 21.3 Å². The molecule has 7 nitrogen and oxygen atoms in total. The first-order valence-corrected chi connectivity index (χ1v) is 16.6. The molecule has 2 aromatic carbocycles. The fourth-order valence-corrected chi connectivity index (χ4v) is 7.66. The van der Waals surface area contributed by atoms with Gasteiger partial charge < -0.3 is 19.6 Å². The summed E-state index contributed by atoms with van der Waals surface area (Å²) in [6.45, 7) is 17.4. The number of pyridine rings is 1. The molecule has 0 bridgehead atoms. The number of nitrogens with zero attached hydrogens (tertiary/aromatic N) is 4. The molecule has 0 radical (unpaired) electrons. The molecule has 2 aromatic heterocycles. The number of fused-ring (bicyclic) bond motifs is 2. The second-order valence-electron chi connectivity index (χ2n) is 14.3. The molecule has 0 unspecified atom stereocenters. The maximum atomic E-state index is 13.8. The molecule has 9 heteroatoms. The lowest BCUT2D eigenvalue weighted by atomic mass is 9.81. The number of thiazole rings is 1. The number of carboxylic acid groups (broad SMARTS) is 1. The minimum atomic E-state index is -1.14. The average molecular weight is 631 g/mol. The molecule has 0 spiro atoms. The molecule has 2 aliphatic heterocycles. The molecule has 45 heavy (non-hydrogen) atoms. The first-order chi connectivity index (χ1) is 21.2. The largest absolute Gasteiger partial charge is 0.479 e. The van der Waals surface area contributed by atoms with Crippen LogP contribution >= 0.6 is 11.3 Å². The zero-order valence-electron chi connectivity index (χ0n) is 27.3. The normalized spacial score (nSPS) is 17.4. The van der Waals surface area contributed by atoms with E-state index >= 15 is 0 Å². The van der Waals surface area contributed by atoms with Crippen molar-refractivity contribution in [2.45, 2.75) is 86.0 Å². The SMILES string of the molecule is Cc1nc(C)c([C@H](OC(C)(C)C)C(=O)O)c(N2CCC(C)(C)CC2)c1-c1ccc2c(c1)CCN(c1nc3ccc(F)cc3s1)C2. The minimum Gasteiger partial charge on any atom is -0.479 e. The summed E-state index contributed by atoms with van der Waals surface area (Å²) in [5.41, 5.74) is 8.08. The van der Waals surface area contributed by atoms with Crippen LogP contribution in [0.4, 0.5) is 15.2 Å². The van der Waals surface area contributed by atoms with Crippen molar-refractivity contribution in [1.82, 2.24) is 9.97 Å². The van der Waals surface area contributed by atoms with Gasteiger partial charge in [-0.15, -0.1) is 0 Å². The number of rotatable bonds is 6. The van der Waals surface area contributed by atoms with E-state index in [1.165, 1.54) is 28.5 Å². The van der Waals surface area contributed by atoms with Gasteiger partial charge >= 0.3 is 5.97 Å².